The fourth-order valence-corrected chi connectivity index (χ4v) is 1.73. The number of likely N-dealkylation sites (N-methyl/N-ethyl adjacent to an activating group) is 1. The van der Waals surface area contributed by atoms with Gasteiger partial charge in [0.1, 0.15) is 11.3 Å². The monoisotopic (exact) mass is 267 g/mol. The van der Waals surface area contributed by atoms with Gasteiger partial charge in [0.2, 0.25) is 0 Å². The number of aliphatic hydroxyl groups excluding tert-OH is 1. The molecule has 0 amide bonds. The molecule has 5 nitrogen and oxygen atoms in total. The summed E-state index contributed by atoms with van der Waals surface area (Å²) in [6, 6.07) is 7.07. The SMILES string of the molecule is CCNC(C)(CCOc1ccc(CO)cc1)C(=O)O. The first-order valence-electron chi connectivity index (χ1n) is 6.33. The third-order valence-electron chi connectivity index (χ3n) is 3.02. The van der Waals surface area contributed by atoms with Crippen molar-refractivity contribution in [3.05, 3.63) is 29.8 Å². The maximum Gasteiger partial charge on any atom is 0.323 e. The zero-order valence-corrected chi connectivity index (χ0v) is 11.3. The van der Waals surface area contributed by atoms with Gasteiger partial charge in [0.05, 0.1) is 13.2 Å². The van der Waals surface area contributed by atoms with E-state index in [-0.39, 0.29) is 6.61 Å². The van der Waals surface area contributed by atoms with Crippen LogP contribution in [0.2, 0.25) is 0 Å². The Morgan fingerprint density at radius 2 is 2.00 bits per heavy atom. The molecular formula is C14H21NO4. The van der Waals surface area contributed by atoms with Crippen molar-refractivity contribution >= 4 is 5.97 Å². The number of carbonyl (C=O) groups is 1. The Morgan fingerprint density at radius 1 is 1.37 bits per heavy atom. The molecule has 0 bridgehead atoms. The summed E-state index contributed by atoms with van der Waals surface area (Å²) in [5.41, 5.74) is -0.157. The van der Waals surface area contributed by atoms with Gasteiger partial charge in [-0.25, -0.2) is 0 Å². The van der Waals surface area contributed by atoms with Crippen LogP contribution in [0.5, 0.6) is 5.75 Å². The molecule has 0 saturated carbocycles. The van der Waals surface area contributed by atoms with Crippen molar-refractivity contribution in [1.29, 1.82) is 0 Å². The Kier molecular flexibility index (Phi) is 5.79. The van der Waals surface area contributed by atoms with Gasteiger partial charge in [-0.15, -0.1) is 0 Å². The highest BCUT2D eigenvalue weighted by molar-refractivity contribution is 5.78. The van der Waals surface area contributed by atoms with Crippen LogP contribution in [-0.4, -0.2) is 34.9 Å². The largest absolute Gasteiger partial charge is 0.494 e. The van der Waals surface area contributed by atoms with Gasteiger partial charge >= 0.3 is 5.97 Å². The van der Waals surface area contributed by atoms with Crippen LogP contribution in [0.4, 0.5) is 0 Å². The van der Waals surface area contributed by atoms with E-state index in [9.17, 15) is 9.90 Å². The maximum absolute atomic E-state index is 11.2. The zero-order valence-electron chi connectivity index (χ0n) is 11.3. The van der Waals surface area contributed by atoms with Gasteiger partial charge in [0, 0.05) is 6.42 Å². The first kappa shape index (κ1) is 15.5. The van der Waals surface area contributed by atoms with Crippen molar-refractivity contribution in [2.75, 3.05) is 13.2 Å². The number of hydrogen-bond acceptors (Lipinski definition) is 4. The molecule has 0 radical (unpaired) electrons. The minimum Gasteiger partial charge on any atom is -0.494 e. The minimum atomic E-state index is -0.972. The number of ether oxygens (including phenoxy) is 1. The predicted molar refractivity (Wildman–Crippen MR) is 72.2 cm³/mol. The number of carboxylic acid groups (broad SMARTS) is 1. The van der Waals surface area contributed by atoms with Crippen LogP contribution in [0.3, 0.4) is 0 Å². The van der Waals surface area contributed by atoms with Gasteiger partial charge in [0.15, 0.2) is 0 Å². The molecule has 1 rings (SSSR count). The molecule has 0 aliphatic heterocycles. The second kappa shape index (κ2) is 7.11. The van der Waals surface area contributed by atoms with E-state index in [2.05, 4.69) is 5.32 Å². The Balaban J connectivity index is 2.49. The van der Waals surface area contributed by atoms with Crippen LogP contribution < -0.4 is 10.1 Å². The van der Waals surface area contributed by atoms with Gasteiger partial charge in [-0.1, -0.05) is 19.1 Å². The summed E-state index contributed by atoms with van der Waals surface area (Å²) in [6.45, 7) is 4.42. The topological polar surface area (TPSA) is 78.8 Å². The Hall–Kier alpha value is -1.59. The van der Waals surface area contributed by atoms with E-state index in [1.54, 1.807) is 31.2 Å². The molecule has 0 aliphatic rings. The molecule has 19 heavy (non-hydrogen) atoms. The second-order valence-electron chi connectivity index (χ2n) is 4.57. The molecule has 3 N–H and O–H groups in total. The summed E-state index contributed by atoms with van der Waals surface area (Å²) in [7, 11) is 0. The van der Waals surface area contributed by atoms with Crippen LogP contribution in [0.15, 0.2) is 24.3 Å². The standard InChI is InChI=1S/C14H21NO4/c1-3-15-14(2,13(17)18)8-9-19-12-6-4-11(10-16)5-7-12/h4-7,15-16H,3,8-10H2,1-2H3,(H,17,18). The lowest BCUT2D eigenvalue weighted by molar-refractivity contribution is -0.144. The molecule has 0 heterocycles. The van der Waals surface area contributed by atoms with Gasteiger partial charge in [-0.2, -0.15) is 0 Å². The molecule has 106 valence electrons. The van der Waals surface area contributed by atoms with Crippen LogP contribution in [0.1, 0.15) is 25.8 Å². The van der Waals surface area contributed by atoms with Crippen LogP contribution in [-0.2, 0) is 11.4 Å². The highest BCUT2D eigenvalue weighted by Gasteiger charge is 2.31. The summed E-state index contributed by atoms with van der Waals surface area (Å²) in [4.78, 5) is 11.2. The fraction of sp³-hybridized carbons (Fsp3) is 0.500. The van der Waals surface area contributed by atoms with Crippen LogP contribution in [0.25, 0.3) is 0 Å². The van der Waals surface area contributed by atoms with Crippen molar-refractivity contribution < 1.29 is 19.7 Å². The van der Waals surface area contributed by atoms with Gasteiger partial charge in [-0.3, -0.25) is 4.79 Å². The summed E-state index contributed by atoms with van der Waals surface area (Å²) in [5, 5.41) is 21.1. The van der Waals surface area contributed by atoms with Crippen molar-refractivity contribution in [2.24, 2.45) is 0 Å². The Bertz CT molecular complexity index is 404. The molecule has 5 heteroatoms. The third-order valence-corrected chi connectivity index (χ3v) is 3.02. The minimum absolute atomic E-state index is 0.00220. The number of carboxylic acids is 1. The third kappa shape index (κ3) is 4.54. The van der Waals surface area contributed by atoms with Crippen molar-refractivity contribution in [3.63, 3.8) is 0 Å². The molecule has 0 aliphatic carbocycles. The Labute approximate surface area is 113 Å². The van der Waals surface area contributed by atoms with Crippen molar-refractivity contribution in [3.8, 4) is 5.75 Å². The smallest absolute Gasteiger partial charge is 0.323 e. The molecule has 1 unspecified atom stereocenters. The number of nitrogens with one attached hydrogen (secondary N) is 1. The number of benzene rings is 1. The zero-order chi connectivity index (χ0) is 14.3. The van der Waals surface area contributed by atoms with E-state index in [4.69, 9.17) is 9.84 Å². The number of aliphatic hydroxyl groups is 1. The number of rotatable bonds is 8. The molecule has 0 spiro atoms. The van der Waals surface area contributed by atoms with Gasteiger partial charge < -0.3 is 20.3 Å². The Morgan fingerprint density at radius 3 is 2.47 bits per heavy atom. The summed E-state index contributed by atoms with van der Waals surface area (Å²) in [5.74, 6) is -0.213. The quantitative estimate of drug-likeness (QED) is 0.663. The highest BCUT2D eigenvalue weighted by Crippen LogP contribution is 2.15. The normalized spacial score (nSPS) is 13.8. The molecular weight excluding hydrogens is 246 g/mol. The molecule has 1 aromatic carbocycles. The van der Waals surface area contributed by atoms with E-state index >= 15 is 0 Å². The molecule has 0 saturated heterocycles. The molecule has 1 aromatic rings. The summed E-state index contributed by atoms with van der Waals surface area (Å²) >= 11 is 0. The van der Waals surface area contributed by atoms with E-state index in [1.807, 2.05) is 6.92 Å². The number of aliphatic carboxylic acids is 1. The average Bonchev–Trinajstić information content (AvgIpc) is 2.39. The molecule has 1 atom stereocenters. The first-order chi connectivity index (χ1) is 9.01. The fourth-order valence-electron chi connectivity index (χ4n) is 1.73. The lowest BCUT2D eigenvalue weighted by Crippen LogP contribution is -2.50. The van der Waals surface area contributed by atoms with E-state index < -0.39 is 11.5 Å². The second-order valence-corrected chi connectivity index (χ2v) is 4.57. The van der Waals surface area contributed by atoms with Gasteiger partial charge in [0.25, 0.3) is 0 Å². The summed E-state index contributed by atoms with van der Waals surface area (Å²) in [6.07, 6.45) is 0.373. The summed E-state index contributed by atoms with van der Waals surface area (Å²) < 4.78 is 5.51. The van der Waals surface area contributed by atoms with Crippen molar-refractivity contribution in [1.82, 2.24) is 5.32 Å². The molecule has 0 aromatic heterocycles. The maximum atomic E-state index is 11.2. The average molecular weight is 267 g/mol. The van der Waals surface area contributed by atoms with E-state index in [0.29, 0.717) is 25.3 Å². The van der Waals surface area contributed by atoms with Crippen molar-refractivity contribution in [2.45, 2.75) is 32.4 Å². The van der Waals surface area contributed by atoms with E-state index in [0.717, 1.165) is 5.56 Å². The highest BCUT2D eigenvalue weighted by atomic mass is 16.5. The lowest BCUT2D eigenvalue weighted by atomic mass is 9.98. The lowest BCUT2D eigenvalue weighted by Gasteiger charge is -2.25. The van der Waals surface area contributed by atoms with Gasteiger partial charge in [-0.05, 0) is 31.2 Å². The van der Waals surface area contributed by atoms with E-state index in [1.165, 1.54) is 0 Å². The predicted octanol–water partition coefficient (Wildman–Crippen LogP) is 1.40. The van der Waals surface area contributed by atoms with Crippen LogP contribution >= 0.6 is 0 Å². The first-order valence-corrected chi connectivity index (χ1v) is 6.33. The molecule has 0 fully saturated rings. The van der Waals surface area contributed by atoms with Crippen LogP contribution in [0, 0.1) is 0 Å². The number of hydrogen-bond donors (Lipinski definition) is 3.